The van der Waals surface area contributed by atoms with E-state index in [1.807, 2.05) is 18.2 Å². The Bertz CT molecular complexity index is 622. The molecule has 3 heteroatoms. The number of primary amides is 1. The zero-order valence-corrected chi connectivity index (χ0v) is 12.6. The molecule has 110 valence electrons. The third kappa shape index (κ3) is 4.43. The minimum absolute atomic E-state index is 0.364. The topological polar surface area (TPSA) is 55.1 Å². The minimum Gasteiger partial charge on any atom is -0.366 e. The monoisotopic (exact) mass is 282 g/mol. The summed E-state index contributed by atoms with van der Waals surface area (Å²) < 4.78 is 0. The molecule has 0 heterocycles. The summed E-state index contributed by atoms with van der Waals surface area (Å²) in [7, 11) is 0. The van der Waals surface area contributed by atoms with Crippen LogP contribution in [0.2, 0.25) is 0 Å². The molecule has 1 amide bonds. The first-order valence-corrected chi connectivity index (χ1v) is 7.23. The molecule has 21 heavy (non-hydrogen) atoms. The molecule has 2 aromatic rings. The van der Waals surface area contributed by atoms with E-state index >= 15 is 0 Å². The molecule has 0 aromatic heterocycles. The number of hydrogen-bond donors (Lipinski definition) is 2. The van der Waals surface area contributed by atoms with E-state index in [0.717, 1.165) is 18.5 Å². The van der Waals surface area contributed by atoms with Gasteiger partial charge in [-0.3, -0.25) is 4.79 Å². The van der Waals surface area contributed by atoms with Crippen LogP contribution in [0.3, 0.4) is 0 Å². The fourth-order valence-electron chi connectivity index (χ4n) is 2.37. The van der Waals surface area contributed by atoms with Crippen LogP contribution in [-0.2, 0) is 13.0 Å². The Morgan fingerprint density at radius 1 is 1.19 bits per heavy atom. The van der Waals surface area contributed by atoms with Crippen LogP contribution in [-0.4, -0.2) is 11.9 Å². The highest BCUT2D eigenvalue weighted by Crippen LogP contribution is 2.10. The Morgan fingerprint density at radius 2 is 1.95 bits per heavy atom. The highest BCUT2D eigenvalue weighted by atomic mass is 16.1. The zero-order chi connectivity index (χ0) is 15.2. The van der Waals surface area contributed by atoms with E-state index in [9.17, 15) is 4.79 Å². The number of benzene rings is 2. The molecule has 1 atom stereocenters. The Kier molecular flexibility index (Phi) is 5.12. The highest BCUT2D eigenvalue weighted by Gasteiger charge is 2.06. The molecule has 0 spiro atoms. The summed E-state index contributed by atoms with van der Waals surface area (Å²) in [5.74, 6) is -0.384. The smallest absolute Gasteiger partial charge is 0.248 e. The van der Waals surface area contributed by atoms with Crippen LogP contribution in [0.4, 0.5) is 0 Å². The van der Waals surface area contributed by atoms with Gasteiger partial charge >= 0.3 is 0 Å². The average Bonchev–Trinajstić information content (AvgIpc) is 2.48. The van der Waals surface area contributed by atoms with Gasteiger partial charge in [0.2, 0.25) is 5.91 Å². The quantitative estimate of drug-likeness (QED) is 0.856. The van der Waals surface area contributed by atoms with E-state index in [2.05, 4.69) is 43.4 Å². The lowest BCUT2D eigenvalue weighted by molar-refractivity contribution is 0.1000. The van der Waals surface area contributed by atoms with Crippen LogP contribution in [0, 0.1) is 6.92 Å². The van der Waals surface area contributed by atoms with E-state index in [0.29, 0.717) is 11.6 Å². The summed E-state index contributed by atoms with van der Waals surface area (Å²) in [6, 6.07) is 16.3. The standard InChI is InChI=1S/C18H22N2O/c1-13-6-3-4-8-16(13)10-14(2)20-12-15-7-5-9-17(11-15)18(19)21/h3-9,11,14,20H,10,12H2,1-2H3,(H2,19,21). The van der Waals surface area contributed by atoms with Crippen molar-refractivity contribution >= 4 is 5.91 Å². The summed E-state index contributed by atoms with van der Waals surface area (Å²) in [5.41, 5.74) is 9.61. The third-order valence-corrected chi connectivity index (χ3v) is 3.65. The summed E-state index contributed by atoms with van der Waals surface area (Å²) in [4.78, 5) is 11.2. The Balaban J connectivity index is 1.92. The van der Waals surface area contributed by atoms with E-state index in [-0.39, 0.29) is 5.91 Å². The molecule has 0 saturated heterocycles. The van der Waals surface area contributed by atoms with Crippen LogP contribution in [0.15, 0.2) is 48.5 Å². The molecule has 0 radical (unpaired) electrons. The van der Waals surface area contributed by atoms with E-state index in [1.54, 1.807) is 6.07 Å². The molecule has 1 unspecified atom stereocenters. The van der Waals surface area contributed by atoms with Gasteiger partial charge in [-0.05, 0) is 49.1 Å². The molecule has 0 aliphatic carbocycles. The van der Waals surface area contributed by atoms with Crippen molar-refractivity contribution in [3.05, 3.63) is 70.8 Å². The van der Waals surface area contributed by atoms with Gasteiger partial charge in [-0.25, -0.2) is 0 Å². The van der Waals surface area contributed by atoms with Gasteiger partial charge in [0.1, 0.15) is 0 Å². The second-order valence-electron chi connectivity index (χ2n) is 5.48. The number of rotatable bonds is 6. The Morgan fingerprint density at radius 3 is 2.67 bits per heavy atom. The maximum atomic E-state index is 11.2. The molecule has 0 aliphatic heterocycles. The predicted molar refractivity (Wildman–Crippen MR) is 86.1 cm³/mol. The minimum atomic E-state index is -0.384. The Hall–Kier alpha value is -2.13. The average molecular weight is 282 g/mol. The van der Waals surface area contributed by atoms with Crippen molar-refractivity contribution in [2.24, 2.45) is 5.73 Å². The van der Waals surface area contributed by atoms with Crippen molar-refractivity contribution < 1.29 is 4.79 Å². The molecule has 0 saturated carbocycles. The first-order valence-electron chi connectivity index (χ1n) is 7.23. The first-order chi connectivity index (χ1) is 10.1. The van der Waals surface area contributed by atoms with E-state index in [1.165, 1.54) is 11.1 Å². The van der Waals surface area contributed by atoms with E-state index in [4.69, 9.17) is 5.73 Å². The number of carbonyl (C=O) groups excluding carboxylic acids is 1. The van der Waals surface area contributed by atoms with Gasteiger partial charge in [-0.15, -0.1) is 0 Å². The molecule has 3 nitrogen and oxygen atoms in total. The van der Waals surface area contributed by atoms with Gasteiger partial charge in [0.05, 0.1) is 0 Å². The van der Waals surface area contributed by atoms with Crippen molar-refractivity contribution in [1.29, 1.82) is 0 Å². The van der Waals surface area contributed by atoms with Crippen LogP contribution in [0.25, 0.3) is 0 Å². The van der Waals surface area contributed by atoms with Crippen LogP contribution in [0.5, 0.6) is 0 Å². The summed E-state index contributed by atoms with van der Waals surface area (Å²) in [6.45, 7) is 5.04. The number of aryl methyl sites for hydroxylation is 1. The lowest BCUT2D eigenvalue weighted by atomic mass is 10.0. The lowest BCUT2D eigenvalue weighted by Gasteiger charge is -2.15. The highest BCUT2D eigenvalue weighted by molar-refractivity contribution is 5.92. The Labute approximate surface area is 126 Å². The zero-order valence-electron chi connectivity index (χ0n) is 12.6. The maximum absolute atomic E-state index is 11.2. The fraction of sp³-hybridized carbons (Fsp3) is 0.278. The van der Waals surface area contributed by atoms with Crippen molar-refractivity contribution in [2.45, 2.75) is 32.9 Å². The SMILES string of the molecule is Cc1ccccc1CC(C)NCc1cccc(C(N)=O)c1. The molecule has 0 aliphatic rings. The second-order valence-corrected chi connectivity index (χ2v) is 5.48. The molecular weight excluding hydrogens is 260 g/mol. The van der Waals surface area contributed by atoms with E-state index < -0.39 is 0 Å². The van der Waals surface area contributed by atoms with Gasteiger partial charge in [0, 0.05) is 18.2 Å². The molecule has 0 bridgehead atoms. The van der Waals surface area contributed by atoms with Crippen molar-refractivity contribution in [3.8, 4) is 0 Å². The van der Waals surface area contributed by atoms with Crippen molar-refractivity contribution in [1.82, 2.24) is 5.32 Å². The summed E-state index contributed by atoms with van der Waals surface area (Å²) in [6.07, 6.45) is 0.988. The lowest BCUT2D eigenvalue weighted by Crippen LogP contribution is -2.28. The van der Waals surface area contributed by atoms with Crippen LogP contribution < -0.4 is 11.1 Å². The van der Waals surface area contributed by atoms with Gasteiger partial charge < -0.3 is 11.1 Å². The molecule has 3 N–H and O–H groups in total. The van der Waals surface area contributed by atoms with Gasteiger partial charge in [0.25, 0.3) is 0 Å². The largest absolute Gasteiger partial charge is 0.366 e. The van der Waals surface area contributed by atoms with Gasteiger partial charge in [-0.1, -0.05) is 36.4 Å². The number of carbonyl (C=O) groups is 1. The number of nitrogens with one attached hydrogen (secondary N) is 1. The van der Waals surface area contributed by atoms with Crippen molar-refractivity contribution in [2.75, 3.05) is 0 Å². The normalized spacial score (nSPS) is 12.1. The molecule has 2 aromatic carbocycles. The number of nitrogens with two attached hydrogens (primary N) is 1. The third-order valence-electron chi connectivity index (χ3n) is 3.65. The van der Waals surface area contributed by atoms with Crippen LogP contribution in [0.1, 0.15) is 34.0 Å². The summed E-state index contributed by atoms with van der Waals surface area (Å²) in [5, 5.41) is 3.49. The fourth-order valence-corrected chi connectivity index (χ4v) is 2.37. The van der Waals surface area contributed by atoms with Crippen molar-refractivity contribution in [3.63, 3.8) is 0 Å². The van der Waals surface area contributed by atoms with Gasteiger partial charge in [-0.2, -0.15) is 0 Å². The maximum Gasteiger partial charge on any atom is 0.248 e. The number of amides is 1. The molecule has 2 rings (SSSR count). The first kappa shape index (κ1) is 15.3. The van der Waals surface area contributed by atoms with Gasteiger partial charge in [0.15, 0.2) is 0 Å². The second kappa shape index (κ2) is 7.04. The van der Waals surface area contributed by atoms with Crippen LogP contribution >= 0.6 is 0 Å². The molecular formula is C18H22N2O. The number of hydrogen-bond acceptors (Lipinski definition) is 2. The predicted octanol–water partition coefficient (Wildman–Crippen LogP) is 2.81. The summed E-state index contributed by atoms with van der Waals surface area (Å²) >= 11 is 0. The molecule has 0 fully saturated rings.